The van der Waals surface area contributed by atoms with Gasteiger partial charge in [-0.15, -0.1) is 0 Å². The first-order valence-corrected chi connectivity index (χ1v) is 7.03. The molecule has 102 valence electrons. The van der Waals surface area contributed by atoms with Crippen molar-refractivity contribution in [2.45, 2.75) is 37.8 Å². The molecule has 0 bridgehead atoms. The molecule has 19 heavy (non-hydrogen) atoms. The lowest BCUT2D eigenvalue weighted by molar-refractivity contribution is -0.0552. The van der Waals surface area contributed by atoms with E-state index < -0.39 is 0 Å². The van der Waals surface area contributed by atoms with Crippen molar-refractivity contribution >= 4 is 11.6 Å². The van der Waals surface area contributed by atoms with Crippen LogP contribution in [0, 0.1) is 0 Å². The number of carbonyl (C=O) groups excluding carboxylic acids is 1. The number of amides is 1. The highest BCUT2D eigenvalue weighted by atomic mass is 16.2. The highest BCUT2D eigenvalue weighted by Crippen LogP contribution is 2.40. The van der Waals surface area contributed by atoms with Gasteiger partial charge in [-0.1, -0.05) is 18.6 Å². The molecule has 0 aromatic heterocycles. The molecule has 1 heterocycles. The van der Waals surface area contributed by atoms with E-state index in [1.54, 1.807) is 0 Å². The summed E-state index contributed by atoms with van der Waals surface area (Å²) in [7, 11) is 3.90. The van der Waals surface area contributed by atoms with Crippen LogP contribution >= 0.6 is 0 Å². The number of para-hydroxylation sites is 1. The largest absolute Gasteiger partial charge is 0.361 e. The van der Waals surface area contributed by atoms with E-state index in [0.717, 1.165) is 24.1 Å². The van der Waals surface area contributed by atoms with Crippen molar-refractivity contribution in [2.75, 3.05) is 19.4 Å². The van der Waals surface area contributed by atoms with E-state index in [2.05, 4.69) is 5.32 Å². The Morgan fingerprint density at radius 1 is 1.16 bits per heavy atom. The minimum absolute atomic E-state index is 0.112. The fourth-order valence-electron chi connectivity index (χ4n) is 3.43. The van der Waals surface area contributed by atoms with E-state index in [9.17, 15) is 4.79 Å². The summed E-state index contributed by atoms with van der Waals surface area (Å²) < 4.78 is 0. The average molecular weight is 259 g/mol. The fraction of sp³-hybridized carbons (Fsp3) is 0.533. The van der Waals surface area contributed by atoms with E-state index in [0.29, 0.717) is 0 Å². The summed E-state index contributed by atoms with van der Waals surface area (Å²) >= 11 is 0. The number of carbonyl (C=O) groups is 1. The van der Waals surface area contributed by atoms with Gasteiger partial charge in [0.2, 0.25) is 0 Å². The first kappa shape index (κ1) is 12.5. The topological polar surface area (TPSA) is 35.6 Å². The molecular formula is C15H21N3O. The smallest absolute Gasteiger partial charge is 0.272 e. The summed E-state index contributed by atoms with van der Waals surface area (Å²) in [5.41, 5.74) is 1.52. The summed E-state index contributed by atoms with van der Waals surface area (Å²) in [6.45, 7) is 0. The van der Waals surface area contributed by atoms with Gasteiger partial charge in [-0.05, 0) is 37.8 Å². The van der Waals surface area contributed by atoms with Crippen LogP contribution in [0.15, 0.2) is 24.3 Å². The molecular weight excluding hydrogens is 238 g/mol. The maximum absolute atomic E-state index is 12.8. The van der Waals surface area contributed by atoms with Gasteiger partial charge in [0.15, 0.2) is 0 Å². The molecule has 0 atom stereocenters. The fourth-order valence-corrected chi connectivity index (χ4v) is 3.43. The van der Waals surface area contributed by atoms with Gasteiger partial charge in [0, 0.05) is 19.8 Å². The van der Waals surface area contributed by atoms with Gasteiger partial charge < -0.3 is 5.32 Å². The van der Waals surface area contributed by atoms with Crippen LogP contribution in [0.2, 0.25) is 0 Å². The van der Waals surface area contributed by atoms with E-state index in [-0.39, 0.29) is 11.6 Å². The lowest BCUT2D eigenvalue weighted by Gasteiger charge is -2.52. The number of rotatable bonds is 1. The average Bonchev–Trinajstić information content (AvgIpc) is 2.39. The number of hydrazine groups is 1. The number of fused-ring (bicyclic) bond motifs is 1. The SMILES string of the molecule is CN(C)N1C(=O)c2ccccc2NC12CCCCC2. The van der Waals surface area contributed by atoms with Crippen LogP contribution in [0.3, 0.4) is 0 Å². The monoisotopic (exact) mass is 259 g/mol. The van der Waals surface area contributed by atoms with Gasteiger partial charge in [-0.25, -0.2) is 10.0 Å². The number of nitrogens with one attached hydrogen (secondary N) is 1. The third kappa shape index (κ3) is 1.91. The molecule has 2 aliphatic rings. The van der Waals surface area contributed by atoms with Crippen molar-refractivity contribution in [3.63, 3.8) is 0 Å². The lowest BCUT2D eigenvalue weighted by Crippen LogP contribution is -2.64. The molecule has 0 unspecified atom stereocenters. The zero-order valence-electron chi connectivity index (χ0n) is 11.6. The van der Waals surface area contributed by atoms with Crippen molar-refractivity contribution in [1.29, 1.82) is 0 Å². The molecule has 4 nitrogen and oxygen atoms in total. The predicted octanol–water partition coefficient (Wildman–Crippen LogP) is 2.69. The van der Waals surface area contributed by atoms with E-state index in [4.69, 9.17) is 0 Å². The lowest BCUT2D eigenvalue weighted by atomic mass is 9.85. The molecule has 0 radical (unpaired) electrons. The zero-order valence-corrected chi connectivity index (χ0v) is 11.6. The molecule has 3 rings (SSSR count). The summed E-state index contributed by atoms with van der Waals surface area (Å²) in [4.78, 5) is 12.8. The van der Waals surface area contributed by atoms with Crippen molar-refractivity contribution in [3.05, 3.63) is 29.8 Å². The second-order valence-corrected chi connectivity index (χ2v) is 5.73. The molecule has 1 aromatic rings. The number of benzene rings is 1. The van der Waals surface area contributed by atoms with Gasteiger partial charge in [0.1, 0.15) is 5.66 Å². The molecule has 1 amide bonds. The quantitative estimate of drug-likeness (QED) is 0.842. The minimum atomic E-state index is -0.229. The third-order valence-corrected chi connectivity index (χ3v) is 4.20. The van der Waals surface area contributed by atoms with Gasteiger partial charge in [0.05, 0.1) is 5.56 Å². The number of hydrogen-bond acceptors (Lipinski definition) is 3. The first-order valence-electron chi connectivity index (χ1n) is 7.03. The van der Waals surface area contributed by atoms with Crippen LogP contribution in [0.4, 0.5) is 5.69 Å². The van der Waals surface area contributed by atoms with Crippen LogP contribution in [0.25, 0.3) is 0 Å². The maximum Gasteiger partial charge on any atom is 0.272 e. The second-order valence-electron chi connectivity index (χ2n) is 5.73. The molecule has 1 aromatic carbocycles. The summed E-state index contributed by atoms with van der Waals surface area (Å²) in [5.74, 6) is 0.112. The molecule has 1 aliphatic carbocycles. The summed E-state index contributed by atoms with van der Waals surface area (Å²) in [5, 5.41) is 7.48. The first-order chi connectivity index (χ1) is 9.14. The van der Waals surface area contributed by atoms with E-state index in [1.165, 1.54) is 19.3 Å². The van der Waals surface area contributed by atoms with Crippen molar-refractivity contribution in [3.8, 4) is 0 Å². The highest BCUT2D eigenvalue weighted by Gasteiger charge is 2.46. The summed E-state index contributed by atoms with van der Waals surface area (Å²) in [6.07, 6.45) is 5.65. The number of hydrogen-bond donors (Lipinski definition) is 1. The second kappa shape index (κ2) is 4.53. The Balaban J connectivity index is 2.07. The molecule has 1 aliphatic heterocycles. The molecule has 0 saturated heterocycles. The summed E-state index contributed by atoms with van der Waals surface area (Å²) in [6, 6.07) is 7.82. The standard InChI is InChI=1S/C15H21N3O/c1-17(2)18-14(19)12-8-4-5-9-13(12)16-15(18)10-6-3-7-11-15/h4-5,8-9,16H,3,6-7,10-11H2,1-2H3. The van der Waals surface area contributed by atoms with E-state index >= 15 is 0 Å². The van der Waals surface area contributed by atoms with Gasteiger partial charge in [0.25, 0.3) is 5.91 Å². The molecule has 4 heteroatoms. The van der Waals surface area contributed by atoms with Crippen molar-refractivity contribution in [2.24, 2.45) is 0 Å². The Hall–Kier alpha value is -1.55. The Bertz CT molecular complexity index is 492. The van der Waals surface area contributed by atoms with Crippen LogP contribution in [-0.2, 0) is 0 Å². The Labute approximate surface area is 114 Å². The van der Waals surface area contributed by atoms with Crippen LogP contribution in [-0.4, -0.2) is 35.7 Å². The Morgan fingerprint density at radius 3 is 2.53 bits per heavy atom. The van der Waals surface area contributed by atoms with Gasteiger partial charge in [-0.2, -0.15) is 0 Å². The van der Waals surface area contributed by atoms with Crippen LogP contribution in [0.1, 0.15) is 42.5 Å². The van der Waals surface area contributed by atoms with Crippen LogP contribution in [0.5, 0.6) is 0 Å². The highest BCUT2D eigenvalue weighted by molar-refractivity contribution is 6.01. The molecule has 1 spiro atoms. The third-order valence-electron chi connectivity index (χ3n) is 4.20. The van der Waals surface area contributed by atoms with Gasteiger partial charge >= 0.3 is 0 Å². The predicted molar refractivity (Wildman–Crippen MR) is 75.7 cm³/mol. The number of anilines is 1. The Kier molecular flexibility index (Phi) is 2.97. The molecule has 1 N–H and O–H groups in total. The van der Waals surface area contributed by atoms with Gasteiger partial charge in [-0.3, -0.25) is 4.79 Å². The van der Waals surface area contributed by atoms with E-state index in [1.807, 2.05) is 48.4 Å². The Morgan fingerprint density at radius 2 is 1.84 bits per heavy atom. The zero-order chi connectivity index (χ0) is 13.5. The van der Waals surface area contributed by atoms with Crippen LogP contribution < -0.4 is 5.32 Å². The maximum atomic E-state index is 12.8. The number of nitrogens with zero attached hydrogens (tertiary/aromatic N) is 2. The van der Waals surface area contributed by atoms with Crippen molar-refractivity contribution in [1.82, 2.24) is 10.0 Å². The minimum Gasteiger partial charge on any atom is -0.361 e. The molecule has 1 fully saturated rings. The van der Waals surface area contributed by atoms with Crippen molar-refractivity contribution < 1.29 is 4.79 Å². The molecule has 1 saturated carbocycles. The normalized spacial score (nSPS) is 21.4.